The number of nitrogen functional groups attached to an aromatic ring is 1. The minimum atomic E-state index is -4.43. The number of alkyl halides is 3. The molecule has 1 aromatic carbocycles. The summed E-state index contributed by atoms with van der Waals surface area (Å²) in [7, 11) is 0. The molecule has 17 heavy (non-hydrogen) atoms. The van der Waals surface area contributed by atoms with Crippen LogP contribution in [0.25, 0.3) is 0 Å². The average molecular weight is 246 g/mol. The molecule has 0 bridgehead atoms. The van der Waals surface area contributed by atoms with E-state index in [0.717, 1.165) is 18.9 Å². The zero-order valence-corrected chi connectivity index (χ0v) is 9.13. The lowest BCUT2D eigenvalue weighted by Crippen LogP contribution is -2.31. The first-order valence-corrected chi connectivity index (χ1v) is 5.35. The second kappa shape index (κ2) is 4.44. The summed E-state index contributed by atoms with van der Waals surface area (Å²) >= 11 is 0. The predicted octanol–water partition coefficient (Wildman–Crippen LogP) is 2.82. The smallest absolute Gasteiger partial charge is 0.399 e. The molecule has 0 amide bonds. The van der Waals surface area contributed by atoms with Gasteiger partial charge >= 0.3 is 6.18 Å². The van der Waals surface area contributed by atoms with Gasteiger partial charge in [-0.25, -0.2) is 0 Å². The molecule has 1 aliphatic heterocycles. The Balaban J connectivity index is 2.38. The first-order chi connectivity index (χ1) is 7.98. The lowest BCUT2D eigenvalue weighted by molar-refractivity contribution is -0.137. The number of benzene rings is 1. The summed E-state index contributed by atoms with van der Waals surface area (Å²) in [4.78, 5) is 5.23. The minimum absolute atomic E-state index is 0.0337. The summed E-state index contributed by atoms with van der Waals surface area (Å²) in [5, 5.41) is 1.30. The number of nitrogens with zero attached hydrogens (tertiary/aromatic N) is 1. The van der Waals surface area contributed by atoms with Gasteiger partial charge in [0.05, 0.1) is 17.9 Å². The summed E-state index contributed by atoms with van der Waals surface area (Å²) in [5.74, 6) is 0. The number of rotatable bonds is 1. The summed E-state index contributed by atoms with van der Waals surface area (Å²) in [5.41, 5.74) is 4.77. The van der Waals surface area contributed by atoms with E-state index in [1.54, 1.807) is 0 Å². The number of hydroxylamine groups is 1. The van der Waals surface area contributed by atoms with E-state index in [9.17, 15) is 13.2 Å². The molecule has 0 unspecified atom stereocenters. The molecule has 0 radical (unpaired) electrons. The van der Waals surface area contributed by atoms with Crippen LogP contribution in [-0.4, -0.2) is 13.2 Å². The van der Waals surface area contributed by atoms with Crippen LogP contribution >= 0.6 is 0 Å². The van der Waals surface area contributed by atoms with E-state index in [0.29, 0.717) is 13.2 Å². The molecule has 6 heteroatoms. The minimum Gasteiger partial charge on any atom is -0.399 e. The van der Waals surface area contributed by atoms with Crippen molar-refractivity contribution >= 4 is 11.4 Å². The van der Waals surface area contributed by atoms with Gasteiger partial charge in [0, 0.05) is 12.2 Å². The average Bonchev–Trinajstić information content (AvgIpc) is 2.29. The normalized spacial score (nSPS) is 17.2. The quantitative estimate of drug-likeness (QED) is 0.774. The highest BCUT2D eigenvalue weighted by molar-refractivity contribution is 5.59. The highest BCUT2D eigenvalue weighted by atomic mass is 19.4. The highest BCUT2D eigenvalue weighted by Gasteiger charge is 2.35. The zero-order valence-electron chi connectivity index (χ0n) is 9.13. The standard InChI is InChI=1S/C11H13F3N2O/c12-11(13,14)9-7-8(15)3-4-10(9)16-5-1-2-6-17-16/h3-4,7H,1-2,5-6,15H2. The van der Waals surface area contributed by atoms with Gasteiger partial charge in [0.1, 0.15) is 0 Å². The summed E-state index contributed by atoms with van der Waals surface area (Å²) < 4.78 is 38.5. The van der Waals surface area contributed by atoms with Crippen LogP contribution in [0.4, 0.5) is 24.5 Å². The monoisotopic (exact) mass is 246 g/mol. The van der Waals surface area contributed by atoms with Gasteiger partial charge in [0.25, 0.3) is 0 Å². The molecule has 1 aromatic rings. The summed E-state index contributed by atoms with van der Waals surface area (Å²) in [6, 6.07) is 3.74. The Hall–Kier alpha value is -1.43. The van der Waals surface area contributed by atoms with Crippen LogP contribution < -0.4 is 10.8 Å². The molecule has 0 saturated carbocycles. The molecule has 0 atom stereocenters. The van der Waals surface area contributed by atoms with Crippen molar-refractivity contribution in [2.45, 2.75) is 19.0 Å². The Morgan fingerprint density at radius 2 is 2.00 bits per heavy atom. The van der Waals surface area contributed by atoms with Gasteiger partial charge in [-0.15, -0.1) is 0 Å². The Bertz CT molecular complexity index is 400. The molecule has 1 fully saturated rings. The van der Waals surface area contributed by atoms with Crippen molar-refractivity contribution < 1.29 is 18.0 Å². The fourth-order valence-electron chi connectivity index (χ4n) is 1.78. The van der Waals surface area contributed by atoms with Gasteiger partial charge in [-0.3, -0.25) is 9.90 Å². The van der Waals surface area contributed by atoms with E-state index in [-0.39, 0.29) is 11.4 Å². The molecule has 0 aliphatic carbocycles. The molecular weight excluding hydrogens is 233 g/mol. The number of anilines is 2. The Labute approximate surface area is 96.9 Å². The predicted molar refractivity (Wildman–Crippen MR) is 58.4 cm³/mol. The molecule has 1 saturated heterocycles. The Morgan fingerprint density at radius 3 is 2.59 bits per heavy atom. The number of nitrogens with two attached hydrogens (primary N) is 1. The van der Waals surface area contributed by atoms with E-state index in [1.165, 1.54) is 17.2 Å². The van der Waals surface area contributed by atoms with Crippen LogP contribution in [0, 0.1) is 0 Å². The maximum atomic E-state index is 12.8. The van der Waals surface area contributed by atoms with Gasteiger partial charge in [0.15, 0.2) is 0 Å². The zero-order chi connectivity index (χ0) is 12.5. The van der Waals surface area contributed by atoms with E-state index in [2.05, 4.69) is 0 Å². The van der Waals surface area contributed by atoms with Crippen molar-refractivity contribution in [1.82, 2.24) is 0 Å². The van der Waals surface area contributed by atoms with E-state index >= 15 is 0 Å². The molecule has 94 valence electrons. The van der Waals surface area contributed by atoms with Gasteiger partial charge in [-0.2, -0.15) is 13.2 Å². The van der Waals surface area contributed by atoms with E-state index in [1.807, 2.05) is 0 Å². The van der Waals surface area contributed by atoms with Gasteiger partial charge in [-0.05, 0) is 31.0 Å². The SMILES string of the molecule is Nc1ccc(N2CCCCO2)c(C(F)(F)F)c1. The molecule has 0 aromatic heterocycles. The number of halogens is 3. The maximum Gasteiger partial charge on any atom is 0.418 e. The first-order valence-electron chi connectivity index (χ1n) is 5.35. The summed E-state index contributed by atoms with van der Waals surface area (Å²) in [6.45, 7) is 0.911. The van der Waals surface area contributed by atoms with Crippen LogP contribution in [0.1, 0.15) is 18.4 Å². The van der Waals surface area contributed by atoms with Crippen molar-refractivity contribution in [3.63, 3.8) is 0 Å². The molecule has 1 aliphatic rings. The van der Waals surface area contributed by atoms with E-state index in [4.69, 9.17) is 10.6 Å². The van der Waals surface area contributed by atoms with Crippen molar-refractivity contribution in [3.8, 4) is 0 Å². The number of hydrogen-bond donors (Lipinski definition) is 1. The molecule has 2 N–H and O–H groups in total. The van der Waals surface area contributed by atoms with Gasteiger partial charge in [0.2, 0.25) is 0 Å². The second-order valence-corrected chi connectivity index (χ2v) is 3.92. The lowest BCUT2D eigenvalue weighted by Gasteiger charge is -2.30. The van der Waals surface area contributed by atoms with E-state index < -0.39 is 11.7 Å². The third-order valence-electron chi connectivity index (χ3n) is 2.60. The van der Waals surface area contributed by atoms with Crippen LogP contribution in [0.3, 0.4) is 0 Å². The Morgan fingerprint density at radius 1 is 1.24 bits per heavy atom. The molecule has 1 heterocycles. The topological polar surface area (TPSA) is 38.5 Å². The molecule has 2 rings (SSSR count). The fourth-order valence-corrected chi connectivity index (χ4v) is 1.78. The van der Waals surface area contributed by atoms with Crippen molar-refractivity contribution in [3.05, 3.63) is 23.8 Å². The maximum absolute atomic E-state index is 12.8. The lowest BCUT2D eigenvalue weighted by atomic mass is 10.1. The summed E-state index contributed by atoms with van der Waals surface area (Å²) in [6.07, 6.45) is -2.74. The van der Waals surface area contributed by atoms with Crippen molar-refractivity contribution in [2.75, 3.05) is 23.9 Å². The molecule has 3 nitrogen and oxygen atoms in total. The molecular formula is C11H13F3N2O. The number of hydrogen-bond acceptors (Lipinski definition) is 3. The molecule has 0 spiro atoms. The second-order valence-electron chi connectivity index (χ2n) is 3.92. The Kier molecular flexibility index (Phi) is 3.15. The van der Waals surface area contributed by atoms with Gasteiger partial charge < -0.3 is 5.73 Å². The fraction of sp³-hybridized carbons (Fsp3) is 0.455. The van der Waals surface area contributed by atoms with Gasteiger partial charge in [-0.1, -0.05) is 0 Å². The largest absolute Gasteiger partial charge is 0.418 e. The third kappa shape index (κ3) is 2.63. The van der Waals surface area contributed by atoms with Crippen LogP contribution in [0.5, 0.6) is 0 Å². The third-order valence-corrected chi connectivity index (χ3v) is 2.60. The first kappa shape index (κ1) is 12.0. The van der Waals surface area contributed by atoms with Crippen LogP contribution in [0.15, 0.2) is 18.2 Å². The van der Waals surface area contributed by atoms with Crippen LogP contribution in [-0.2, 0) is 11.0 Å². The van der Waals surface area contributed by atoms with Crippen molar-refractivity contribution in [1.29, 1.82) is 0 Å². The van der Waals surface area contributed by atoms with Crippen molar-refractivity contribution in [2.24, 2.45) is 0 Å². The highest BCUT2D eigenvalue weighted by Crippen LogP contribution is 2.38. The van der Waals surface area contributed by atoms with Crippen LogP contribution in [0.2, 0.25) is 0 Å².